The van der Waals surface area contributed by atoms with Crippen LogP contribution in [-0.4, -0.2) is 41.4 Å². The van der Waals surface area contributed by atoms with E-state index < -0.39 is 49.2 Å². The molecule has 0 amide bonds. The lowest BCUT2D eigenvalue weighted by atomic mass is 10.3. The first-order chi connectivity index (χ1) is 15.6. The summed E-state index contributed by atoms with van der Waals surface area (Å²) in [5.74, 6) is -1.42. The molecule has 178 valence electrons. The molecule has 2 aromatic rings. The van der Waals surface area contributed by atoms with Crippen molar-refractivity contribution < 1.29 is 32.3 Å². The van der Waals surface area contributed by atoms with Crippen LogP contribution in [0.25, 0.3) is 0 Å². The first-order valence-electron chi connectivity index (χ1n) is 9.81. The smallest absolute Gasteiger partial charge is 0.459 e. The Balaban J connectivity index is 1.71. The molecule has 0 radical (unpaired) electrons. The molecule has 0 saturated heterocycles. The summed E-state index contributed by atoms with van der Waals surface area (Å²) in [6.07, 6.45) is 2.93. The number of nitrogens with one attached hydrogen (secondary N) is 2. The Labute approximate surface area is 187 Å². The Morgan fingerprint density at radius 1 is 1.36 bits per heavy atom. The maximum atomic E-state index is 13.5. The highest BCUT2D eigenvalue weighted by atomic mass is 31.2. The van der Waals surface area contributed by atoms with Gasteiger partial charge in [0.2, 0.25) is 0 Å². The number of hydrogen-bond donors (Lipinski definition) is 2. The van der Waals surface area contributed by atoms with Gasteiger partial charge in [0.25, 0.3) is 5.56 Å². The van der Waals surface area contributed by atoms with Crippen LogP contribution >= 0.6 is 7.75 Å². The lowest BCUT2D eigenvalue weighted by Gasteiger charge is -2.24. The Hall–Kier alpha value is -3.05. The van der Waals surface area contributed by atoms with Gasteiger partial charge in [-0.15, -0.1) is 0 Å². The van der Waals surface area contributed by atoms with E-state index in [4.69, 9.17) is 13.8 Å². The second kappa shape index (κ2) is 10.3. The van der Waals surface area contributed by atoms with E-state index in [-0.39, 0.29) is 12.4 Å². The zero-order chi connectivity index (χ0) is 24.2. The quantitative estimate of drug-likeness (QED) is 0.311. The minimum atomic E-state index is -4.20. The fourth-order valence-corrected chi connectivity index (χ4v) is 4.40. The molecule has 4 atom stereocenters. The molecule has 0 spiro atoms. The number of halogens is 1. The van der Waals surface area contributed by atoms with E-state index in [9.17, 15) is 23.3 Å². The van der Waals surface area contributed by atoms with Crippen molar-refractivity contribution in [2.24, 2.45) is 0 Å². The van der Waals surface area contributed by atoms with Crippen molar-refractivity contribution in [3.8, 4) is 5.75 Å². The highest BCUT2D eigenvalue weighted by molar-refractivity contribution is 7.52. The zero-order valence-electron chi connectivity index (χ0n) is 18.0. The molecular formula is C20H23FN3O8P. The summed E-state index contributed by atoms with van der Waals surface area (Å²) < 4.78 is 49.2. The summed E-state index contributed by atoms with van der Waals surface area (Å²) in [5, 5.41) is 2.44. The van der Waals surface area contributed by atoms with E-state index in [0.29, 0.717) is 5.56 Å². The van der Waals surface area contributed by atoms with E-state index in [1.165, 1.54) is 35.9 Å². The number of carbonyl (C=O) groups is 1. The molecular weight excluding hydrogens is 460 g/mol. The second-order valence-corrected chi connectivity index (χ2v) is 8.84. The third-order valence-corrected chi connectivity index (χ3v) is 6.21. The number of nitrogens with zero attached hydrogens (tertiary/aromatic N) is 1. The normalized spacial score (nSPS) is 20.2. The fourth-order valence-electron chi connectivity index (χ4n) is 2.91. The van der Waals surface area contributed by atoms with Crippen LogP contribution in [0.1, 0.15) is 18.7 Å². The number of H-pyrrole nitrogens is 1. The van der Waals surface area contributed by atoms with Gasteiger partial charge in [0.15, 0.2) is 6.23 Å². The summed E-state index contributed by atoms with van der Waals surface area (Å²) in [5.41, 5.74) is -0.838. The van der Waals surface area contributed by atoms with E-state index in [0.717, 1.165) is 13.2 Å². The average Bonchev–Trinajstić information content (AvgIpc) is 3.23. The first kappa shape index (κ1) is 24.6. The highest BCUT2D eigenvalue weighted by Crippen LogP contribution is 2.45. The Kier molecular flexibility index (Phi) is 7.65. The summed E-state index contributed by atoms with van der Waals surface area (Å²) in [4.78, 5) is 37.6. The number of hydrogen-bond acceptors (Lipinski definition) is 8. The maximum absolute atomic E-state index is 13.5. The number of aromatic nitrogens is 2. The van der Waals surface area contributed by atoms with Crippen molar-refractivity contribution in [1.82, 2.24) is 14.6 Å². The van der Waals surface area contributed by atoms with E-state index in [1.54, 1.807) is 19.1 Å². The predicted molar refractivity (Wildman–Crippen MR) is 114 cm³/mol. The molecule has 1 aromatic heterocycles. The summed E-state index contributed by atoms with van der Waals surface area (Å²) in [6, 6.07) is 3.85. The van der Waals surface area contributed by atoms with Crippen LogP contribution in [0, 0.1) is 12.7 Å². The van der Waals surface area contributed by atoms with Gasteiger partial charge in [0.05, 0.1) is 13.7 Å². The minimum Gasteiger partial charge on any atom is -0.468 e. The number of ether oxygens (including phenoxy) is 2. The van der Waals surface area contributed by atoms with Crippen LogP contribution in [0.5, 0.6) is 5.75 Å². The van der Waals surface area contributed by atoms with E-state index in [1.807, 2.05) is 0 Å². The van der Waals surface area contributed by atoms with Crippen molar-refractivity contribution in [2.75, 3.05) is 13.7 Å². The largest absolute Gasteiger partial charge is 0.468 e. The van der Waals surface area contributed by atoms with Crippen LogP contribution in [0.2, 0.25) is 0 Å². The third-order valence-electron chi connectivity index (χ3n) is 4.56. The van der Waals surface area contributed by atoms with Crippen molar-refractivity contribution in [2.45, 2.75) is 32.2 Å². The van der Waals surface area contributed by atoms with Gasteiger partial charge in [-0.2, -0.15) is 5.09 Å². The Morgan fingerprint density at radius 2 is 2.12 bits per heavy atom. The standard InChI is InChI=1S/C20H23FN3O8P/c1-12-10-24(20(27)22-18(12)25)17-8-7-16(31-17)11-30-33(28,23-13(2)19(26)29-3)32-15-6-4-5-14(21)9-15/h4-10,13,16-17H,11H2,1-3H3,(H,23,28)(H,22,25,27). The van der Waals surface area contributed by atoms with E-state index in [2.05, 4.69) is 14.8 Å². The lowest BCUT2D eigenvalue weighted by Crippen LogP contribution is -2.35. The summed E-state index contributed by atoms with van der Waals surface area (Å²) >= 11 is 0. The van der Waals surface area contributed by atoms with Crippen LogP contribution < -0.4 is 20.9 Å². The van der Waals surface area contributed by atoms with Gasteiger partial charge < -0.3 is 14.0 Å². The molecule has 0 fully saturated rings. The first-order valence-corrected chi connectivity index (χ1v) is 11.4. The summed E-state index contributed by atoms with van der Waals surface area (Å²) in [6.45, 7) is 2.64. The number of methoxy groups -OCH3 is 1. The summed E-state index contributed by atoms with van der Waals surface area (Å²) in [7, 11) is -3.04. The predicted octanol–water partition coefficient (Wildman–Crippen LogP) is 1.79. The minimum absolute atomic E-state index is 0.0843. The third kappa shape index (κ3) is 6.26. The van der Waals surface area contributed by atoms with Crippen molar-refractivity contribution in [3.63, 3.8) is 0 Å². The molecule has 0 saturated carbocycles. The zero-order valence-corrected chi connectivity index (χ0v) is 18.9. The number of carbonyl (C=O) groups excluding carboxylic acids is 1. The lowest BCUT2D eigenvalue weighted by molar-refractivity contribution is -0.142. The molecule has 0 aliphatic carbocycles. The molecule has 13 heteroatoms. The molecule has 2 heterocycles. The maximum Gasteiger partial charge on any atom is 0.459 e. The SMILES string of the molecule is COC(=O)C(C)NP(=O)(OCC1C=CC(n2cc(C)c(=O)[nH]c2=O)O1)Oc1cccc(F)c1. The number of aromatic amines is 1. The average molecular weight is 483 g/mol. The molecule has 1 aromatic carbocycles. The van der Waals surface area contributed by atoms with Gasteiger partial charge in [-0.25, -0.2) is 13.8 Å². The second-order valence-electron chi connectivity index (χ2n) is 7.14. The number of esters is 1. The topological polar surface area (TPSA) is 138 Å². The van der Waals surface area contributed by atoms with Crippen LogP contribution in [0.4, 0.5) is 4.39 Å². The molecule has 11 nitrogen and oxygen atoms in total. The number of rotatable bonds is 9. The molecule has 2 N–H and O–H groups in total. The molecule has 3 rings (SSSR count). The van der Waals surface area contributed by atoms with Crippen LogP contribution in [0.3, 0.4) is 0 Å². The molecule has 0 bridgehead atoms. The van der Waals surface area contributed by atoms with Crippen LogP contribution in [0.15, 0.2) is 52.2 Å². The number of benzene rings is 1. The van der Waals surface area contributed by atoms with E-state index >= 15 is 0 Å². The van der Waals surface area contributed by atoms with Crippen molar-refractivity contribution >= 4 is 13.7 Å². The molecule has 33 heavy (non-hydrogen) atoms. The van der Waals surface area contributed by atoms with Gasteiger partial charge >= 0.3 is 19.4 Å². The van der Waals surface area contributed by atoms with Gasteiger partial charge in [0, 0.05) is 17.8 Å². The van der Waals surface area contributed by atoms with Gasteiger partial charge in [0.1, 0.15) is 23.7 Å². The number of aryl methyl sites for hydroxylation is 1. The monoisotopic (exact) mass is 483 g/mol. The van der Waals surface area contributed by atoms with Crippen molar-refractivity contribution in [1.29, 1.82) is 0 Å². The Morgan fingerprint density at radius 3 is 2.82 bits per heavy atom. The van der Waals surface area contributed by atoms with Crippen LogP contribution in [-0.2, 0) is 23.4 Å². The van der Waals surface area contributed by atoms with Gasteiger partial charge in [-0.05, 0) is 32.1 Å². The Bertz CT molecular complexity index is 1210. The molecule has 4 unspecified atom stereocenters. The van der Waals surface area contributed by atoms with Crippen molar-refractivity contribution in [3.05, 3.63) is 74.8 Å². The molecule has 1 aliphatic rings. The molecule has 1 aliphatic heterocycles. The fraction of sp³-hybridized carbons (Fsp3) is 0.350. The van der Waals surface area contributed by atoms with Gasteiger partial charge in [-0.1, -0.05) is 12.1 Å². The highest BCUT2D eigenvalue weighted by Gasteiger charge is 2.34. The van der Waals surface area contributed by atoms with Gasteiger partial charge in [-0.3, -0.25) is 23.7 Å².